The molecule has 18 rings (SSSR count). The van der Waals surface area contributed by atoms with E-state index < -0.39 is 71.7 Å². The number of hydrogen-bond acceptors (Lipinski definition) is 20. The number of nitrogens with one attached hydrogen (secondary N) is 6. The monoisotopic (exact) mass is 1580 g/mol. The van der Waals surface area contributed by atoms with Crippen LogP contribution in [-0.2, 0) is 83.7 Å². The van der Waals surface area contributed by atoms with Crippen molar-refractivity contribution in [3.05, 3.63) is 209 Å². The van der Waals surface area contributed by atoms with Crippen molar-refractivity contribution in [2.24, 2.45) is 0 Å². The molecule has 6 N–H and O–H groups in total. The second-order valence-corrected chi connectivity index (χ2v) is 30.1. The number of rotatable bonds is 6. The standard InChI is InChI=1S/2C14H12N2O4.4C14H14N2O3/c1-7-2-3-8-9(6-7)14(20)16(13(8)19)10-4-5-11(17)15-12(10)18;1-7-3-2-4-8-11(7)14(20)16(13(8)19)9-5-6-10(17)15-12(9)18;1-8-2-3-10-9(6-8)7-16(14(10)19)11-4-5-12(17)15-13(11)18;1-8-2-3-9-7-16(14(19)10(9)6-8)11-4-5-12(17)15-13(11)18;1-8-3-2-4-9-10(8)7-16(14(9)19)11-5-6-12(17)15-13(11)18;1-8-3-2-4-9-7-16(14(19)12(8)9)10-5-6-11(17)15-13(10)18/h2-3,6,10H,4-5H2,1H3,(H,15,17,18);2-4,9H,5-6H2,1H3,(H,15,17,18);2*2-3,6,11H,4-5,7H2,1H3,(H,15,17,18);2-4,11H,5-7H2,1H3,(H,15,17,18);2-4,10H,5-7H2,1H3,(H,15,17,18). The van der Waals surface area contributed by atoms with Gasteiger partial charge >= 0.3 is 0 Å². The van der Waals surface area contributed by atoms with Gasteiger partial charge in [0.05, 0.1) is 22.3 Å². The molecule has 6 unspecified atom stereocenters. The first-order valence-electron chi connectivity index (χ1n) is 37.8. The zero-order chi connectivity index (χ0) is 83.2. The van der Waals surface area contributed by atoms with Crippen molar-refractivity contribution < 1.29 is 95.9 Å². The Morgan fingerprint density at radius 3 is 1.04 bits per heavy atom. The van der Waals surface area contributed by atoms with Gasteiger partial charge in [0.15, 0.2) is 0 Å². The summed E-state index contributed by atoms with van der Waals surface area (Å²) >= 11 is 0. The molecule has 0 saturated carbocycles. The van der Waals surface area contributed by atoms with Crippen LogP contribution in [0, 0.1) is 41.5 Å². The zero-order valence-electron chi connectivity index (χ0n) is 64.0. The number of piperidine rings is 6. The summed E-state index contributed by atoms with van der Waals surface area (Å²) in [6, 6.07) is 28.8. The fraction of sp³-hybridized carbons (Fsp3) is 0.333. The van der Waals surface area contributed by atoms with E-state index in [0.717, 1.165) is 59.9 Å². The van der Waals surface area contributed by atoms with Gasteiger partial charge in [-0.1, -0.05) is 89.5 Å². The molecular formula is C84H80N12O20. The molecule has 6 fully saturated rings. The van der Waals surface area contributed by atoms with Gasteiger partial charge in [0, 0.05) is 87.0 Å². The van der Waals surface area contributed by atoms with Crippen molar-refractivity contribution in [2.45, 2.75) is 181 Å². The van der Waals surface area contributed by atoms with E-state index in [9.17, 15) is 95.9 Å². The van der Waals surface area contributed by atoms with Crippen molar-refractivity contribution in [3.63, 3.8) is 0 Å². The van der Waals surface area contributed by atoms with Gasteiger partial charge in [-0.15, -0.1) is 0 Å². The first-order valence-corrected chi connectivity index (χ1v) is 37.8. The molecule has 116 heavy (non-hydrogen) atoms. The van der Waals surface area contributed by atoms with E-state index in [1.165, 1.54) is 0 Å². The summed E-state index contributed by atoms with van der Waals surface area (Å²) in [5, 5.41) is 13.5. The lowest BCUT2D eigenvalue weighted by molar-refractivity contribution is -0.138. The van der Waals surface area contributed by atoms with Crippen molar-refractivity contribution in [1.82, 2.24) is 61.3 Å². The molecule has 12 heterocycles. The molecule has 6 atom stereocenters. The molecule has 6 aromatic rings. The predicted octanol–water partition coefficient (Wildman–Crippen LogP) is 3.82. The fourth-order valence-corrected chi connectivity index (χ4v) is 16.2. The summed E-state index contributed by atoms with van der Waals surface area (Å²) in [5.41, 5.74) is 13.5. The molecule has 0 spiro atoms. The Morgan fingerprint density at radius 2 is 0.586 bits per heavy atom. The van der Waals surface area contributed by atoms with E-state index >= 15 is 0 Å². The largest absolute Gasteiger partial charge is 0.322 e. The van der Waals surface area contributed by atoms with Gasteiger partial charge in [-0.3, -0.25) is 138 Å². The fourth-order valence-electron chi connectivity index (χ4n) is 16.2. The van der Waals surface area contributed by atoms with Gasteiger partial charge in [-0.05, 0) is 155 Å². The van der Waals surface area contributed by atoms with Crippen LogP contribution in [0.3, 0.4) is 0 Å². The summed E-state index contributed by atoms with van der Waals surface area (Å²) in [6.45, 7) is 13.1. The minimum Gasteiger partial charge on any atom is -0.322 e. The SMILES string of the molecule is Cc1ccc2c(c1)C(=O)N(C1CCC(=O)NC1=O)C2.Cc1ccc2c(c1)C(=O)N(C1CCC(=O)NC1=O)C2=O.Cc1ccc2c(c1)CN(C1CCC(=O)NC1=O)C2=O.Cc1cccc2c1C(=O)N(C1CCC(=O)NC1=O)C2.Cc1cccc2c1C(=O)N(C1CCC(=O)NC1=O)C2=O.Cc1cccc2c1CN(C1CCC(=O)NC1=O)C2=O. The highest BCUT2D eigenvalue weighted by Gasteiger charge is 2.49. The summed E-state index contributed by atoms with van der Waals surface area (Å²) < 4.78 is 0. The number of benzene rings is 6. The number of hydrogen-bond donors (Lipinski definition) is 6. The third kappa shape index (κ3) is 15.9. The van der Waals surface area contributed by atoms with Crippen LogP contribution >= 0.6 is 0 Å². The lowest BCUT2D eigenvalue weighted by atomic mass is 10.0. The van der Waals surface area contributed by atoms with Crippen LogP contribution in [0.15, 0.2) is 109 Å². The maximum Gasteiger partial charge on any atom is 0.262 e. The van der Waals surface area contributed by atoms with E-state index in [2.05, 4.69) is 31.9 Å². The van der Waals surface area contributed by atoms with Crippen LogP contribution in [0.1, 0.15) is 216 Å². The topological polar surface area (TPSA) is 433 Å². The van der Waals surface area contributed by atoms with Crippen molar-refractivity contribution in [2.75, 3.05) is 0 Å². The molecule has 32 nitrogen and oxygen atoms in total. The molecule has 20 amide bonds. The first kappa shape index (κ1) is 80.4. The number of carbonyl (C=O) groups is 20. The Kier molecular flexibility index (Phi) is 22.7. The van der Waals surface area contributed by atoms with Gasteiger partial charge in [-0.25, -0.2) is 0 Å². The molecule has 0 aliphatic carbocycles. The molecule has 0 radical (unpaired) electrons. The molecule has 0 bridgehead atoms. The van der Waals surface area contributed by atoms with Crippen molar-refractivity contribution in [1.29, 1.82) is 0 Å². The molecule has 12 aliphatic heterocycles. The van der Waals surface area contributed by atoms with Gasteiger partial charge in [0.1, 0.15) is 36.3 Å². The number of imide groups is 8. The first-order chi connectivity index (χ1) is 55.3. The second-order valence-electron chi connectivity index (χ2n) is 30.1. The molecule has 596 valence electrons. The maximum absolute atomic E-state index is 12.4. The Balaban J connectivity index is 0.000000121. The smallest absolute Gasteiger partial charge is 0.262 e. The molecular weight excluding hydrogens is 1500 g/mol. The van der Waals surface area contributed by atoms with Crippen LogP contribution < -0.4 is 31.9 Å². The molecule has 6 saturated heterocycles. The minimum absolute atomic E-state index is 0.109. The van der Waals surface area contributed by atoms with Crippen molar-refractivity contribution in [3.8, 4) is 0 Å². The Hall–Kier alpha value is -13.7. The van der Waals surface area contributed by atoms with Crippen LogP contribution in [0.5, 0.6) is 0 Å². The van der Waals surface area contributed by atoms with E-state index in [1.807, 2.05) is 95.3 Å². The Bertz CT molecular complexity index is 5310. The Labute approximate surface area is 662 Å². The van der Waals surface area contributed by atoms with Gasteiger partial charge in [0.2, 0.25) is 70.9 Å². The number of aryl methyl sites for hydroxylation is 6. The number of carbonyl (C=O) groups excluding carboxylic acids is 20. The quantitative estimate of drug-likeness (QED) is 0.129. The molecule has 32 heteroatoms. The lowest BCUT2D eigenvalue weighted by Gasteiger charge is -2.29. The van der Waals surface area contributed by atoms with E-state index in [-0.39, 0.29) is 134 Å². The maximum atomic E-state index is 12.4. The lowest BCUT2D eigenvalue weighted by Crippen LogP contribution is -2.54. The average molecular weight is 1580 g/mol. The second kappa shape index (κ2) is 32.8. The highest BCUT2D eigenvalue weighted by atomic mass is 16.2. The summed E-state index contributed by atoms with van der Waals surface area (Å²) in [5.74, 6) is -6.78. The number of fused-ring (bicyclic) bond motifs is 6. The minimum atomic E-state index is -0.903. The summed E-state index contributed by atoms with van der Waals surface area (Å²) in [7, 11) is 0. The normalized spacial score (nSPS) is 22.3. The highest BCUT2D eigenvalue weighted by Crippen LogP contribution is 2.36. The summed E-state index contributed by atoms with van der Waals surface area (Å²) in [6.07, 6.45) is 3.38. The molecule has 6 aromatic carbocycles. The van der Waals surface area contributed by atoms with Crippen LogP contribution in [-0.4, -0.2) is 184 Å². The van der Waals surface area contributed by atoms with E-state index in [4.69, 9.17) is 0 Å². The van der Waals surface area contributed by atoms with Gasteiger partial charge < -0.3 is 19.6 Å². The number of amides is 20. The van der Waals surface area contributed by atoms with Gasteiger partial charge in [0.25, 0.3) is 47.3 Å². The Morgan fingerprint density at radius 1 is 0.250 bits per heavy atom. The van der Waals surface area contributed by atoms with Crippen LogP contribution in [0.2, 0.25) is 0 Å². The molecule has 0 aromatic heterocycles. The van der Waals surface area contributed by atoms with E-state index in [0.29, 0.717) is 102 Å². The highest BCUT2D eigenvalue weighted by molar-refractivity contribution is 6.25. The zero-order valence-corrected chi connectivity index (χ0v) is 64.0. The molecule has 12 aliphatic rings. The predicted molar refractivity (Wildman–Crippen MR) is 405 cm³/mol. The third-order valence-electron chi connectivity index (χ3n) is 22.2. The van der Waals surface area contributed by atoms with Crippen LogP contribution in [0.25, 0.3) is 0 Å². The van der Waals surface area contributed by atoms with E-state index in [1.54, 1.807) is 75.1 Å². The third-order valence-corrected chi connectivity index (χ3v) is 22.2. The van der Waals surface area contributed by atoms with Gasteiger partial charge in [-0.2, -0.15) is 0 Å². The van der Waals surface area contributed by atoms with Crippen molar-refractivity contribution >= 4 is 118 Å². The van der Waals surface area contributed by atoms with Crippen LogP contribution in [0.4, 0.5) is 0 Å². The summed E-state index contributed by atoms with van der Waals surface area (Å²) in [4.78, 5) is 245. The number of nitrogens with zero attached hydrogens (tertiary/aromatic N) is 6. The average Bonchev–Trinajstić information content (AvgIpc) is 1.61.